The number of nitrogens with two attached hydrogens (primary N) is 2. The molecule has 1 aromatic heterocycles. The summed E-state index contributed by atoms with van der Waals surface area (Å²) in [5.74, 6) is -0.105. The summed E-state index contributed by atoms with van der Waals surface area (Å²) >= 11 is 0. The Morgan fingerprint density at radius 1 is 1.64 bits per heavy atom. The maximum absolute atomic E-state index is 11.2. The van der Waals surface area contributed by atoms with Crippen LogP contribution in [0.4, 0.5) is 5.82 Å². The maximum Gasteiger partial charge on any atom is 0.339 e. The summed E-state index contributed by atoms with van der Waals surface area (Å²) in [6, 6.07) is 1.34. The van der Waals surface area contributed by atoms with Gasteiger partial charge >= 0.3 is 5.97 Å². The van der Waals surface area contributed by atoms with Crippen LogP contribution in [0, 0.1) is 0 Å². The molecule has 4 N–H and O–H groups in total. The Balaban J connectivity index is 3.13. The smallest absolute Gasteiger partial charge is 0.339 e. The van der Waals surface area contributed by atoms with E-state index in [1.54, 1.807) is 13.0 Å². The molecule has 0 unspecified atom stereocenters. The molecule has 0 aromatic carbocycles. The van der Waals surface area contributed by atoms with E-state index >= 15 is 0 Å². The van der Waals surface area contributed by atoms with Crippen LogP contribution in [0.2, 0.25) is 0 Å². The minimum atomic E-state index is -0.445. The molecule has 0 saturated heterocycles. The topological polar surface area (TPSA) is 91.2 Å². The van der Waals surface area contributed by atoms with Crippen LogP contribution in [0.1, 0.15) is 28.9 Å². The first-order valence-electron chi connectivity index (χ1n) is 4.15. The number of carbonyl (C=O) groups is 1. The quantitative estimate of drug-likeness (QED) is 0.669. The van der Waals surface area contributed by atoms with Crippen molar-refractivity contribution in [2.75, 3.05) is 12.8 Å². The standard InChI is InChI=1S/C9H13N3O2/c1-5(10)7-3-6(9(13)14-2)4-12-8(7)11/h3-5H,10H2,1-2H3,(H2,11,12)/t5-/m1/s1. The van der Waals surface area contributed by atoms with Crippen LogP contribution in [-0.2, 0) is 4.74 Å². The van der Waals surface area contributed by atoms with Crippen molar-refractivity contribution in [3.63, 3.8) is 0 Å². The highest BCUT2D eigenvalue weighted by atomic mass is 16.5. The first-order chi connectivity index (χ1) is 6.56. The largest absolute Gasteiger partial charge is 0.465 e. The number of methoxy groups -OCH3 is 1. The Labute approximate surface area is 82.1 Å². The van der Waals surface area contributed by atoms with Crippen LogP contribution in [0.5, 0.6) is 0 Å². The summed E-state index contributed by atoms with van der Waals surface area (Å²) in [5.41, 5.74) is 12.2. The lowest BCUT2D eigenvalue weighted by Crippen LogP contribution is -2.12. The molecule has 0 amide bonds. The number of nitrogens with zero attached hydrogens (tertiary/aromatic N) is 1. The number of esters is 1. The van der Waals surface area contributed by atoms with Gasteiger partial charge in [-0.1, -0.05) is 0 Å². The van der Waals surface area contributed by atoms with Crippen molar-refractivity contribution in [3.05, 3.63) is 23.4 Å². The van der Waals surface area contributed by atoms with Crippen molar-refractivity contribution in [1.29, 1.82) is 0 Å². The second-order valence-corrected chi connectivity index (χ2v) is 2.98. The molecule has 1 atom stereocenters. The summed E-state index contributed by atoms with van der Waals surface area (Å²) in [6.45, 7) is 1.77. The van der Waals surface area contributed by atoms with Crippen LogP contribution in [-0.4, -0.2) is 18.1 Å². The Kier molecular flexibility index (Phi) is 3.03. The summed E-state index contributed by atoms with van der Waals surface area (Å²) in [5, 5.41) is 0. The minimum Gasteiger partial charge on any atom is -0.465 e. The van der Waals surface area contributed by atoms with Crippen LogP contribution < -0.4 is 11.5 Å². The van der Waals surface area contributed by atoms with E-state index in [1.807, 2.05) is 0 Å². The highest BCUT2D eigenvalue weighted by molar-refractivity contribution is 5.89. The third kappa shape index (κ3) is 2.00. The predicted octanol–water partition coefficient (Wildman–Crippen LogP) is 0.470. The molecule has 5 heteroatoms. The Morgan fingerprint density at radius 2 is 2.29 bits per heavy atom. The number of ether oxygens (including phenoxy) is 1. The zero-order valence-electron chi connectivity index (χ0n) is 8.15. The molecule has 5 nitrogen and oxygen atoms in total. The van der Waals surface area contributed by atoms with Gasteiger partial charge in [-0.25, -0.2) is 9.78 Å². The fourth-order valence-corrected chi connectivity index (χ4v) is 1.09. The van der Waals surface area contributed by atoms with Crippen LogP contribution in [0.25, 0.3) is 0 Å². The van der Waals surface area contributed by atoms with Gasteiger partial charge in [0.1, 0.15) is 5.82 Å². The summed E-state index contributed by atoms with van der Waals surface area (Å²) in [6.07, 6.45) is 1.37. The number of anilines is 1. The van der Waals surface area contributed by atoms with E-state index in [0.717, 1.165) is 0 Å². The van der Waals surface area contributed by atoms with Gasteiger partial charge in [0.15, 0.2) is 0 Å². The van der Waals surface area contributed by atoms with Gasteiger partial charge in [0, 0.05) is 17.8 Å². The molecule has 0 saturated carbocycles. The number of hydrogen-bond donors (Lipinski definition) is 2. The molecular weight excluding hydrogens is 182 g/mol. The molecule has 0 aliphatic heterocycles. The van der Waals surface area contributed by atoms with E-state index in [1.165, 1.54) is 13.3 Å². The summed E-state index contributed by atoms with van der Waals surface area (Å²) in [7, 11) is 1.31. The molecule has 1 rings (SSSR count). The first kappa shape index (κ1) is 10.5. The van der Waals surface area contributed by atoms with Gasteiger partial charge in [0.05, 0.1) is 12.7 Å². The molecule has 0 bridgehead atoms. The van der Waals surface area contributed by atoms with Gasteiger partial charge in [-0.3, -0.25) is 0 Å². The van der Waals surface area contributed by atoms with E-state index in [4.69, 9.17) is 11.5 Å². The predicted molar refractivity (Wildman–Crippen MR) is 52.6 cm³/mol. The molecule has 0 radical (unpaired) electrons. The molecule has 0 fully saturated rings. The molecule has 1 aromatic rings. The fourth-order valence-electron chi connectivity index (χ4n) is 1.09. The van der Waals surface area contributed by atoms with Crippen LogP contribution in [0.3, 0.4) is 0 Å². The van der Waals surface area contributed by atoms with Crippen molar-refractivity contribution in [2.45, 2.75) is 13.0 Å². The van der Waals surface area contributed by atoms with E-state index in [2.05, 4.69) is 9.72 Å². The van der Waals surface area contributed by atoms with Crippen molar-refractivity contribution < 1.29 is 9.53 Å². The van der Waals surface area contributed by atoms with E-state index in [0.29, 0.717) is 16.9 Å². The lowest BCUT2D eigenvalue weighted by molar-refractivity contribution is 0.0600. The van der Waals surface area contributed by atoms with Crippen LogP contribution in [0.15, 0.2) is 12.3 Å². The van der Waals surface area contributed by atoms with Gasteiger partial charge in [-0.15, -0.1) is 0 Å². The minimum absolute atomic E-state index is 0.257. The zero-order valence-corrected chi connectivity index (χ0v) is 8.15. The lowest BCUT2D eigenvalue weighted by atomic mass is 10.1. The normalized spacial score (nSPS) is 12.2. The van der Waals surface area contributed by atoms with Crippen molar-refractivity contribution in [1.82, 2.24) is 4.98 Å². The Bertz CT molecular complexity index is 350. The average molecular weight is 195 g/mol. The third-order valence-electron chi connectivity index (χ3n) is 1.86. The second kappa shape index (κ2) is 4.06. The lowest BCUT2D eigenvalue weighted by Gasteiger charge is -2.09. The van der Waals surface area contributed by atoms with Crippen molar-refractivity contribution in [2.24, 2.45) is 5.73 Å². The Morgan fingerprint density at radius 3 is 2.79 bits per heavy atom. The van der Waals surface area contributed by atoms with Gasteiger partial charge < -0.3 is 16.2 Å². The number of aromatic nitrogens is 1. The van der Waals surface area contributed by atoms with Crippen molar-refractivity contribution in [3.8, 4) is 0 Å². The number of rotatable bonds is 2. The third-order valence-corrected chi connectivity index (χ3v) is 1.86. The molecule has 0 spiro atoms. The zero-order chi connectivity index (χ0) is 10.7. The summed E-state index contributed by atoms with van der Waals surface area (Å²) < 4.78 is 4.55. The number of hydrogen-bond acceptors (Lipinski definition) is 5. The van der Waals surface area contributed by atoms with Gasteiger partial charge in [0.25, 0.3) is 0 Å². The number of nitrogen functional groups attached to an aromatic ring is 1. The highest BCUT2D eigenvalue weighted by Crippen LogP contribution is 2.17. The molecule has 1 heterocycles. The van der Waals surface area contributed by atoms with Gasteiger partial charge in [-0.05, 0) is 13.0 Å². The average Bonchev–Trinajstić information content (AvgIpc) is 2.17. The van der Waals surface area contributed by atoms with Gasteiger partial charge in [-0.2, -0.15) is 0 Å². The fraction of sp³-hybridized carbons (Fsp3) is 0.333. The van der Waals surface area contributed by atoms with E-state index in [-0.39, 0.29) is 6.04 Å². The SMILES string of the molecule is COC(=O)c1cnc(N)c([C@@H](C)N)c1. The first-order valence-corrected chi connectivity index (χ1v) is 4.15. The second-order valence-electron chi connectivity index (χ2n) is 2.98. The molecule has 0 aliphatic rings. The number of pyridine rings is 1. The molecule has 0 aliphatic carbocycles. The molecule has 76 valence electrons. The monoisotopic (exact) mass is 195 g/mol. The summed E-state index contributed by atoms with van der Waals surface area (Å²) in [4.78, 5) is 15.0. The molecule has 14 heavy (non-hydrogen) atoms. The Hall–Kier alpha value is -1.62. The van der Waals surface area contributed by atoms with E-state index in [9.17, 15) is 4.79 Å². The highest BCUT2D eigenvalue weighted by Gasteiger charge is 2.11. The maximum atomic E-state index is 11.2. The van der Waals surface area contributed by atoms with Crippen LogP contribution >= 0.6 is 0 Å². The van der Waals surface area contributed by atoms with Crippen molar-refractivity contribution >= 4 is 11.8 Å². The number of carbonyl (C=O) groups excluding carboxylic acids is 1. The molecular formula is C9H13N3O2. The van der Waals surface area contributed by atoms with E-state index < -0.39 is 5.97 Å². The van der Waals surface area contributed by atoms with Gasteiger partial charge in [0.2, 0.25) is 0 Å².